The molecular formula is C115H134BF24NO6. The van der Waals surface area contributed by atoms with Crippen LogP contribution in [0.2, 0.25) is 0 Å². The highest BCUT2D eigenvalue weighted by Crippen LogP contribution is 2.50. The molecule has 11 rings (SSSR count). The largest absolute Gasteiger partial charge is 0.496 e. The van der Waals surface area contributed by atoms with E-state index in [0.717, 1.165) is 101 Å². The van der Waals surface area contributed by atoms with E-state index >= 15 is 0 Å². The van der Waals surface area contributed by atoms with E-state index in [4.69, 9.17) is 28.4 Å². The van der Waals surface area contributed by atoms with E-state index in [1.54, 1.807) is 0 Å². The number of alkyl halides is 24. The van der Waals surface area contributed by atoms with E-state index in [1.807, 2.05) is 42.7 Å². The highest BCUT2D eigenvalue weighted by molar-refractivity contribution is 7.20. The lowest BCUT2D eigenvalue weighted by Crippen LogP contribution is -2.84. The van der Waals surface area contributed by atoms with Crippen molar-refractivity contribution in [2.45, 2.75) is 304 Å². The van der Waals surface area contributed by atoms with Crippen molar-refractivity contribution < 1.29 is 139 Å². The lowest BCUT2D eigenvalue weighted by Gasteiger charge is -2.46. The van der Waals surface area contributed by atoms with Gasteiger partial charge in [0.1, 0.15) is 40.6 Å². The minimum absolute atomic E-state index is 0.152. The summed E-state index contributed by atoms with van der Waals surface area (Å²) >= 11 is 0. The lowest BCUT2D eigenvalue weighted by atomic mass is 9.12. The monoisotopic (exact) mass is 2090 g/mol. The van der Waals surface area contributed by atoms with Gasteiger partial charge in [-0.25, -0.2) is 0 Å². The molecule has 0 radical (unpaired) electrons. The van der Waals surface area contributed by atoms with Crippen LogP contribution in [0.1, 0.15) is 328 Å². The maximum absolute atomic E-state index is 14.2. The zero-order valence-electron chi connectivity index (χ0n) is 88.1. The van der Waals surface area contributed by atoms with Gasteiger partial charge in [0.25, 0.3) is 0 Å². The predicted octanol–water partition coefficient (Wildman–Crippen LogP) is 30.9. The van der Waals surface area contributed by atoms with E-state index in [0.29, 0.717) is 38.5 Å². The SMILES string of the molecule is CCCCCC[NH2+]CCCCC.COc1c2cc(C(C)(C)C)cc1Cc1cc(C(C)(C)C)cc(c1OC)Cc1cc(C(C)(C)C)cc(c1OC)Cc1cc(C(C)(C)C)cc(c1OC)Cc1cc(C(C)(C)C)cc(c1OC)Cc1cc(C(C)(C)C)cc(c1OC)C2.FC(F)(F)c1cc([B-](c2cc(C(F)(F)F)cc(C(F)(F)F)c2)(c2cc(C(F)(F)F)cc(C(F)(F)F)c2)c2cc(C(F)(F)F)cc(C(F)(F)F)c2)cc(C(F)(F)F)c1. The second kappa shape index (κ2) is 44.9. The van der Waals surface area contributed by atoms with Crippen LogP contribution in [-0.2, 0) is 120 Å². The Bertz CT molecular complexity index is 5140. The number of halogens is 24. The molecule has 10 aromatic rings. The highest BCUT2D eigenvalue weighted by Gasteiger charge is 2.49. The fraction of sp³-hybridized carbons (Fsp3) is 0.478. The molecule has 0 fully saturated rings. The van der Waals surface area contributed by atoms with Gasteiger partial charge in [0.05, 0.1) is 100 Å². The molecule has 0 aromatic heterocycles. The van der Waals surface area contributed by atoms with Crippen LogP contribution < -0.4 is 55.6 Å². The summed E-state index contributed by atoms with van der Waals surface area (Å²) in [6.45, 7) is 48.7. The molecule has 0 heterocycles. The number of fused-ring (bicyclic) bond motifs is 12. The van der Waals surface area contributed by atoms with E-state index in [-0.39, 0.29) is 32.5 Å². The fourth-order valence-corrected chi connectivity index (χ4v) is 19.0. The van der Waals surface area contributed by atoms with Crippen LogP contribution in [0.4, 0.5) is 105 Å². The molecule has 2 N–H and O–H groups in total. The Morgan fingerprint density at radius 2 is 0.320 bits per heavy atom. The van der Waals surface area contributed by atoms with Crippen molar-refractivity contribution in [1.82, 2.24) is 0 Å². The summed E-state index contributed by atoms with van der Waals surface area (Å²) < 4.78 is 381. The van der Waals surface area contributed by atoms with Gasteiger partial charge in [-0.1, -0.05) is 279 Å². The molecule has 0 unspecified atom stereocenters. The van der Waals surface area contributed by atoms with E-state index in [9.17, 15) is 105 Å². The molecule has 0 amide bonds. The normalized spacial score (nSPS) is 13.8. The fourth-order valence-electron chi connectivity index (χ4n) is 19.0. The number of nitrogens with two attached hydrogens (primary N) is 1. The average molecular weight is 2090 g/mol. The zero-order valence-corrected chi connectivity index (χ0v) is 88.1. The Hall–Kier alpha value is -10.7. The zero-order chi connectivity index (χ0) is 111. The first-order chi connectivity index (χ1) is 67.3. The van der Waals surface area contributed by atoms with E-state index in [2.05, 4.69) is 217 Å². The van der Waals surface area contributed by atoms with Gasteiger partial charge in [-0.05, 0) is 183 Å². The Morgan fingerprint density at radius 1 is 0.190 bits per heavy atom. The van der Waals surface area contributed by atoms with Gasteiger partial charge < -0.3 is 33.7 Å². The quantitative estimate of drug-likeness (QED) is 0.0494. The Balaban J connectivity index is 0.000000305. The number of ether oxygens (including phenoxy) is 6. The number of methoxy groups -OCH3 is 6. The first-order valence-corrected chi connectivity index (χ1v) is 48.7. The third-order valence-corrected chi connectivity index (χ3v) is 26.9. The van der Waals surface area contributed by atoms with Crippen molar-refractivity contribution in [2.24, 2.45) is 0 Å². The van der Waals surface area contributed by atoms with Crippen LogP contribution in [0.5, 0.6) is 34.5 Å². The Morgan fingerprint density at radius 3 is 0.435 bits per heavy atom. The maximum atomic E-state index is 14.2. The summed E-state index contributed by atoms with van der Waals surface area (Å²) in [4.78, 5) is 0. The average Bonchev–Trinajstić information content (AvgIpc) is 0.888. The van der Waals surface area contributed by atoms with Crippen molar-refractivity contribution in [3.8, 4) is 34.5 Å². The Labute approximate surface area is 847 Å². The first-order valence-electron chi connectivity index (χ1n) is 48.7. The van der Waals surface area contributed by atoms with Crippen LogP contribution in [0.15, 0.2) is 146 Å². The maximum Gasteiger partial charge on any atom is 0.416 e. The molecule has 0 saturated heterocycles. The third kappa shape index (κ3) is 29.4. The van der Waals surface area contributed by atoms with Crippen LogP contribution >= 0.6 is 0 Å². The number of quaternary nitrogens is 1. The topological polar surface area (TPSA) is 72.0 Å². The van der Waals surface area contributed by atoms with Gasteiger partial charge in [-0.3, -0.25) is 0 Å². The van der Waals surface area contributed by atoms with Gasteiger partial charge in [0, 0.05) is 38.5 Å². The molecule has 0 spiro atoms. The van der Waals surface area contributed by atoms with Crippen molar-refractivity contribution >= 4 is 28.0 Å². The summed E-state index contributed by atoms with van der Waals surface area (Å²) in [6.07, 6.45) is -41.4. The molecule has 147 heavy (non-hydrogen) atoms. The molecule has 1 aliphatic rings. The first kappa shape index (κ1) is 120. The molecular weight excluding hydrogens is 1960 g/mol. The van der Waals surface area contributed by atoms with Crippen LogP contribution in [0.3, 0.4) is 0 Å². The van der Waals surface area contributed by atoms with Crippen LogP contribution in [0.25, 0.3) is 0 Å². The number of unbranched alkanes of at least 4 members (excludes halogenated alkanes) is 5. The van der Waals surface area contributed by atoms with Crippen molar-refractivity contribution in [3.63, 3.8) is 0 Å². The summed E-state index contributed by atoms with van der Waals surface area (Å²) in [5.41, 5.74) is -10.2. The number of hydrogen-bond acceptors (Lipinski definition) is 6. The van der Waals surface area contributed by atoms with Crippen molar-refractivity contribution in [2.75, 3.05) is 55.7 Å². The second-order valence-corrected chi connectivity index (χ2v) is 44.4. The molecule has 12 bridgehead atoms. The van der Waals surface area contributed by atoms with Crippen LogP contribution in [-0.4, -0.2) is 61.9 Å². The summed E-state index contributed by atoms with van der Waals surface area (Å²) in [6, 6.07) is 19.6. The van der Waals surface area contributed by atoms with E-state index in [1.165, 1.54) is 91.4 Å². The Kier molecular flexibility index (Phi) is 36.6. The molecule has 0 aliphatic heterocycles. The van der Waals surface area contributed by atoms with Crippen LogP contribution in [0, 0.1) is 0 Å². The highest BCUT2D eigenvalue weighted by atomic mass is 19.4. The van der Waals surface area contributed by atoms with Gasteiger partial charge >= 0.3 is 49.4 Å². The third-order valence-electron chi connectivity index (χ3n) is 26.9. The predicted molar refractivity (Wildman–Crippen MR) is 532 cm³/mol. The summed E-state index contributed by atoms with van der Waals surface area (Å²) in [7, 11) is 10.9. The van der Waals surface area contributed by atoms with Gasteiger partial charge in [-0.2, -0.15) is 127 Å². The smallest absolute Gasteiger partial charge is 0.416 e. The van der Waals surface area contributed by atoms with Crippen molar-refractivity contribution in [3.05, 3.63) is 290 Å². The minimum Gasteiger partial charge on any atom is -0.496 e. The van der Waals surface area contributed by atoms with E-state index < -0.39 is 195 Å². The minimum atomic E-state index is -6.13. The molecule has 0 atom stereocenters. The summed E-state index contributed by atoms with van der Waals surface area (Å²) in [5.74, 6) is 5.30. The standard InChI is InChI=1S/C72H96O6.C32H12BF24.C11H25N/c1-67(2,3)55-31-43-25-45-33-56(68(4,5)6)35-47(62(45)74-20)27-49-37-58(70(10,11)12)39-51(64(49)76-22)29-53-41-60(72(16,17)18)42-54(66(53)78-24)30-52-40-59(71(13,14)15)38-50(65(52)77-23)28-48-36-57(69(7,8)9)34-46(63(48)75-21)26-44(32-55)61(43)73-19;34-25(35,36)13-1-14(26(37,38)39)6-21(5-13)33(22-7-15(27(40,41)42)2-16(8-22)28(43,44)45,23-9-17(29(46,47)48)3-18(10-23)30(49,50)51)24-11-19(31(52,53)54)4-20(12-24)32(55,56)57;1-3-5-7-9-11-12-10-8-6-4-2/h31-42H,25-30H2,1-24H3;1-12H;12H,3-11H2,1-2H3/q;-1;/p+1. The molecule has 806 valence electrons. The lowest BCUT2D eigenvalue weighted by molar-refractivity contribution is -0.655. The van der Waals surface area contributed by atoms with Gasteiger partial charge in [-0.15, -0.1) is 0 Å². The molecule has 1 aliphatic carbocycles. The molecule has 7 nitrogen and oxygen atoms in total. The number of rotatable bonds is 19. The number of benzene rings is 10. The second-order valence-electron chi connectivity index (χ2n) is 44.4. The van der Waals surface area contributed by atoms with Gasteiger partial charge in [0.15, 0.2) is 0 Å². The molecule has 0 saturated carbocycles. The van der Waals surface area contributed by atoms with Crippen molar-refractivity contribution in [1.29, 1.82) is 0 Å². The van der Waals surface area contributed by atoms with Gasteiger partial charge in [0.2, 0.25) is 0 Å². The number of hydrogen-bond donors (Lipinski definition) is 1. The summed E-state index contributed by atoms with van der Waals surface area (Å²) in [5, 5.41) is 2.48. The molecule has 32 heteroatoms. The molecule has 10 aromatic carbocycles.